The Labute approximate surface area is 169 Å². The van der Waals surface area contributed by atoms with E-state index in [1.54, 1.807) is 0 Å². The molecular weight excluding hydrogens is 406 g/mol. The molecule has 1 saturated carbocycles. The molecule has 0 aliphatic heterocycles. The third kappa shape index (κ3) is 5.73. The Morgan fingerprint density at radius 2 is 1.81 bits per heavy atom. The molecule has 1 aliphatic carbocycles. The first-order chi connectivity index (χ1) is 12.8. The highest BCUT2D eigenvalue weighted by Gasteiger charge is 2.36. The number of hydrogen-bond acceptors (Lipinski definition) is 3. The first-order valence-electron chi connectivity index (χ1n) is 9.27. The van der Waals surface area contributed by atoms with Gasteiger partial charge in [0, 0.05) is 16.1 Å². The highest BCUT2D eigenvalue weighted by molar-refractivity contribution is 9.10. The van der Waals surface area contributed by atoms with Crippen LogP contribution in [-0.2, 0) is 17.9 Å². The molecule has 2 aromatic rings. The van der Waals surface area contributed by atoms with Crippen LogP contribution >= 0.6 is 15.9 Å². The normalized spacial score (nSPS) is 13.9. The minimum absolute atomic E-state index is 0.244. The van der Waals surface area contributed by atoms with E-state index in [9.17, 15) is 4.79 Å². The molecule has 27 heavy (non-hydrogen) atoms. The predicted molar refractivity (Wildman–Crippen MR) is 110 cm³/mol. The summed E-state index contributed by atoms with van der Waals surface area (Å²) < 4.78 is 12.6. The largest absolute Gasteiger partial charge is 0.489 e. The summed E-state index contributed by atoms with van der Waals surface area (Å²) in [5.74, 6) is 0.780. The summed E-state index contributed by atoms with van der Waals surface area (Å²) in [6.07, 6.45) is 1.77. The van der Waals surface area contributed by atoms with Crippen LogP contribution in [0.15, 0.2) is 53.0 Å². The fourth-order valence-electron chi connectivity index (χ4n) is 2.78. The molecule has 0 aromatic heterocycles. The van der Waals surface area contributed by atoms with Crippen molar-refractivity contribution in [1.82, 2.24) is 4.90 Å². The number of benzene rings is 2. The molecule has 5 heteroatoms. The number of ether oxygens (including phenoxy) is 2. The standard InChI is InChI=1S/C22H26BrNO3/c1-22(2,3)27-21(25)24(17-12-13-17)14-18-19(23)10-7-11-20(18)26-15-16-8-5-4-6-9-16/h4-11,17H,12-15H2,1-3H3. The van der Waals surface area contributed by atoms with Crippen LogP contribution in [0.1, 0.15) is 44.7 Å². The molecule has 0 atom stereocenters. The number of amides is 1. The van der Waals surface area contributed by atoms with E-state index < -0.39 is 5.60 Å². The Kier molecular flexibility index (Phi) is 6.10. The summed E-state index contributed by atoms with van der Waals surface area (Å²) in [5.41, 5.74) is 1.56. The fraction of sp³-hybridized carbons (Fsp3) is 0.409. The lowest BCUT2D eigenvalue weighted by molar-refractivity contribution is 0.0215. The van der Waals surface area contributed by atoms with E-state index in [-0.39, 0.29) is 12.1 Å². The molecule has 4 nitrogen and oxygen atoms in total. The van der Waals surface area contributed by atoms with Crippen LogP contribution < -0.4 is 4.74 Å². The van der Waals surface area contributed by atoms with Crippen molar-refractivity contribution in [3.63, 3.8) is 0 Å². The van der Waals surface area contributed by atoms with Crippen molar-refractivity contribution in [1.29, 1.82) is 0 Å². The maximum Gasteiger partial charge on any atom is 0.410 e. The van der Waals surface area contributed by atoms with Gasteiger partial charge in [-0.25, -0.2) is 4.79 Å². The van der Waals surface area contributed by atoms with Crippen LogP contribution in [0.25, 0.3) is 0 Å². The van der Waals surface area contributed by atoms with Crippen molar-refractivity contribution in [2.45, 2.75) is 58.4 Å². The molecule has 1 amide bonds. The summed E-state index contributed by atoms with van der Waals surface area (Å²) in [6.45, 7) is 6.62. The summed E-state index contributed by atoms with van der Waals surface area (Å²) in [6, 6.07) is 16.2. The van der Waals surface area contributed by atoms with E-state index in [1.807, 2.05) is 74.2 Å². The second kappa shape index (κ2) is 8.34. The minimum atomic E-state index is -0.509. The lowest BCUT2D eigenvalue weighted by Gasteiger charge is -2.28. The van der Waals surface area contributed by atoms with Crippen LogP contribution in [0.2, 0.25) is 0 Å². The smallest absolute Gasteiger partial charge is 0.410 e. The molecular formula is C22H26BrNO3. The number of carbonyl (C=O) groups excluding carboxylic acids is 1. The quantitative estimate of drug-likeness (QED) is 0.568. The van der Waals surface area contributed by atoms with E-state index in [2.05, 4.69) is 15.9 Å². The van der Waals surface area contributed by atoms with Gasteiger partial charge in [-0.3, -0.25) is 0 Å². The zero-order valence-corrected chi connectivity index (χ0v) is 17.7. The van der Waals surface area contributed by atoms with E-state index in [0.29, 0.717) is 13.2 Å². The monoisotopic (exact) mass is 431 g/mol. The maximum absolute atomic E-state index is 12.7. The van der Waals surface area contributed by atoms with E-state index in [1.165, 1.54) is 0 Å². The van der Waals surface area contributed by atoms with Gasteiger partial charge in [-0.2, -0.15) is 0 Å². The second-order valence-corrected chi connectivity index (χ2v) is 8.68. The molecule has 0 unspecified atom stereocenters. The lowest BCUT2D eigenvalue weighted by atomic mass is 10.1. The lowest BCUT2D eigenvalue weighted by Crippen LogP contribution is -2.38. The van der Waals surface area contributed by atoms with Crippen molar-refractivity contribution in [2.24, 2.45) is 0 Å². The summed E-state index contributed by atoms with van der Waals surface area (Å²) in [7, 11) is 0. The average Bonchev–Trinajstić information content (AvgIpc) is 3.43. The Morgan fingerprint density at radius 1 is 1.11 bits per heavy atom. The van der Waals surface area contributed by atoms with Crippen molar-refractivity contribution < 1.29 is 14.3 Å². The first kappa shape index (κ1) is 19.7. The van der Waals surface area contributed by atoms with Crippen molar-refractivity contribution >= 4 is 22.0 Å². The van der Waals surface area contributed by atoms with Crippen LogP contribution in [0.4, 0.5) is 4.79 Å². The molecule has 0 heterocycles. The van der Waals surface area contributed by atoms with Gasteiger partial charge in [-0.05, 0) is 51.3 Å². The molecule has 1 fully saturated rings. The average molecular weight is 432 g/mol. The maximum atomic E-state index is 12.7. The second-order valence-electron chi connectivity index (χ2n) is 7.83. The third-order valence-electron chi connectivity index (χ3n) is 4.26. The SMILES string of the molecule is CC(C)(C)OC(=O)N(Cc1c(Br)cccc1OCc1ccccc1)C1CC1. The van der Waals surface area contributed by atoms with Gasteiger partial charge in [0.15, 0.2) is 0 Å². The van der Waals surface area contributed by atoms with Crippen LogP contribution in [-0.4, -0.2) is 22.6 Å². The van der Waals surface area contributed by atoms with Gasteiger partial charge in [-0.1, -0.05) is 52.3 Å². The summed E-state index contributed by atoms with van der Waals surface area (Å²) in [4.78, 5) is 14.5. The Bertz CT molecular complexity index is 782. The molecule has 3 rings (SSSR count). The van der Waals surface area contributed by atoms with Crippen LogP contribution in [0.3, 0.4) is 0 Å². The highest BCUT2D eigenvalue weighted by Crippen LogP contribution is 2.34. The number of halogens is 1. The molecule has 2 aromatic carbocycles. The van der Waals surface area contributed by atoms with Crippen molar-refractivity contribution in [3.8, 4) is 5.75 Å². The van der Waals surface area contributed by atoms with E-state index >= 15 is 0 Å². The van der Waals surface area contributed by atoms with E-state index in [4.69, 9.17) is 9.47 Å². The fourth-order valence-corrected chi connectivity index (χ4v) is 3.26. The highest BCUT2D eigenvalue weighted by atomic mass is 79.9. The van der Waals surface area contributed by atoms with Crippen molar-refractivity contribution in [3.05, 3.63) is 64.1 Å². The molecule has 0 spiro atoms. The van der Waals surface area contributed by atoms with Gasteiger partial charge in [0.2, 0.25) is 0 Å². The molecule has 1 aliphatic rings. The van der Waals surface area contributed by atoms with Gasteiger partial charge in [0.1, 0.15) is 18.0 Å². The predicted octanol–water partition coefficient (Wildman–Crippen LogP) is 5.93. The summed E-state index contributed by atoms with van der Waals surface area (Å²) in [5, 5.41) is 0. The molecule has 0 saturated heterocycles. The number of rotatable bonds is 6. The zero-order valence-electron chi connectivity index (χ0n) is 16.1. The Hall–Kier alpha value is -2.01. The number of carbonyl (C=O) groups is 1. The molecule has 0 radical (unpaired) electrons. The first-order valence-corrected chi connectivity index (χ1v) is 10.1. The number of hydrogen-bond donors (Lipinski definition) is 0. The summed E-state index contributed by atoms with van der Waals surface area (Å²) >= 11 is 3.62. The van der Waals surface area contributed by atoms with Gasteiger partial charge in [0.25, 0.3) is 0 Å². The van der Waals surface area contributed by atoms with Gasteiger partial charge in [0.05, 0.1) is 6.54 Å². The van der Waals surface area contributed by atoms with Crippen LogP contribution in [0, 0.1) is 0 Å². The third-order valence-corrected chi connectivity index (χ3v) is 5.00. The number of nitrogens with zero attached hydrogens (tertiary/aromatic N) is 1. The van der Waals surface area contributed by atoms with Gasteiger partial charge < -0.3 is 14.4 Å². The minimum Gasteiger partial charge on any atom is -0.489 e. The van der Waals surface area contributed by atoms with Crippen LogP contribution in [0.5, 0.6) is 5.75 Å². The Morgan fingerprint density at radius 3 is 2.44 bits per heavy atom. The van der Waals surface area contributed by atoms with Gasteiger partial charge in [-0.15, -0.1) is 0 Å². The topological polar surface area (TPSA) is 38.8 Å². The Balaban J connectivity index is 1.77. The van der Waals surface area contributed by atoms with E-state index in [0.717, 1.165) is 34.2 Å². The van der Waals surface area contributed by atoms with Crippen molar-refractivity contribution in [2.75, 3.05) is 0 Å². The molecule has 0 N–H and O–H groups in total. The van der Waals surface area contributed by atoms with Gasteiger partial charge >= 0.3 is 6.09 Å². The molecule has 144 valence electrons. The molecule has 0 bridgehead atoms. The zero-order chi connectivity index (χ0) is 19.4.